The Bertz CT molecular complexity index is 997. The van der Waals surface area contributed by atoms with Gasteiger partial charge in [0.15, 0.2) is 6.10 Å². The first kappa shape index (κ1) is 21.5. The minimum absolute atomic E-state index is 0.404. The van der Waals surface area contributed by atoms with Crippen LogP contribution < -0.4 is 14.9 Å². The summed E-state index contributed by atoms with van der Waals surface area (Å²) in [5, 5.41) is 11.7. The number of nitrogens with zero attached hydrogens (tertiary/aromatic N) is 4. The summed E-state index contributed by atoms with van der Waals surface area (Å²) in [6, 6.07) is 10.8. The van der Waals surface area contributed by atoms with Gasteiger partial charge in [0.05, 0.1) is 38.5 Å². The van der Waals surface area contributed by atoms with Gasteiger partial charge in [0, 0.05) is 12.7 Å². The van der Waals surface area contributed by atoms with Crippen LogP contribution in [0.15, 0.2) is 58.4 Å². The number of halogens is 1. The Morgan fingerprint density at radius 3 is 2.37 bits per heavy atom. The van der Waals surface area contributed by atoms with Gasteiger partial charge in [-0.25, -0.2) is 10.1 Å². The minimum Gasteiger partial charge on any atom is -0.495 e. The third kappa shape index (κ3) is 4.84. The Labute approximate surface area is 181 Å². The summed E-state index contributed by atoms with van der Waals surface area (Å²) in [7, 11) is 4.57. The molecule has 0 radical (unpaired) electrons. The summed E-state index contributed by atoms with van der Waals surface area (Å²) >= 11 is 3.41. The van der Waals surface area contributed by atoms with Crippen LogP contribution in [-0.4, -0.2) is 48.4 Å². The number of rotatable bonds is 8. The number of hydrazone groups is 1. The van der Waals surface area contributed by atoms with Crippen LogP contribution in [0.5, 0.6) is 11.5 Å². The first-order chi connectivity index (χ1) is 14.6. The zero-order valence-electron chi connectivity index (χ0n) is 16.6. The summed E-state index contributed by atoms with van der Waals surface area (Å²) in [5.41, 5.74) is 4.69. The molecule has 9 nitrogen and oxygen atoms in total. The second kappa shape index (κ2) is 9.99. The molecule has 3 rings (SSSR count). The highest BCUT2D eigenvalue weighted by molar-refractivity contribution is 9.10. The zero-order valence-corrected chi connectivity index (χ0v) is 18.2. The highest BCUT2D eigenvalue weighted by Crippen LogP contribution is 2.35. The van der Waals surface area contributed by atoms with Crippen LogP contribution in [0.1, 0.15) is 17.2 Å². The number of methoxy groups -OCH3 is 3. The molecule has 0 aliphatic heterocycles. The van der Waals surface area contributed by atoms with Crippen molar-refractivity contribution in [3.05, 3.63) is 64.4 Å². The Balaban J connectivity index is 1.70. The summed E-state index contributed by atoms with van der Waals surface area (Å²) in [6.45, 7) is 0. The lowest BCUT2D eigenvalue weighted by atomic mass is 10.1. The average molecular weight is 474 g/mol. The van der Waals surface area contributed by atoms with Gasteiger partial charge in [-0.3, -0.25) is 4.79 Å². The standard InChI is InChI=1S/C20H20BrN5O4/c1-28-16-10-13(11-17(29-2)18(16)21)12-23-24-20(27)19(30-3)14-4-6-15(7-5-14)26-9-8-22-25-26/h4-12,19H,1-3H3,(H,24,27). The van der Waals surface area contributed by atoms with Crippen molar-refractivity contribution in [3.8, 4) is 17.2 Å². The van der Waals surface area contributed by atoms with E-state index < -0.39 is 12.0 Å². The van der Waals surface area contributed by atoms with Crippen molar-refractivity contribution >= 4 is 28.1 Å². The topological polar surface area (TPSA) is 99.9 Å². The summed E-state index contributed by atoms with van der Waals surface area (Å²) in [5.74, 6) is 0.770. The lowest BCUT2D eigenvalue weighted by Crippen LogP contribution is -2.26. The Morgan fingerprint density at radius 1 is 1.17 bits per heavy atom. The Hall–Kier alpha value is -3.24. The van der Waals surface area contributed by atoms with Gasteiger partial charge in [-0.2, -0.15) is 5.10 Å². The van der Waals surface area contributed by atoms with E-state index in [0.29, 0.717) is 27.1 Å². The highest BCUT2D eigenvalue weighted by atomic mass is 79.9. The second-order valence-corrected chi connectivity index (χ2v) is 6.82. The van der Waals surface area contributed by atoms with Crippen LogP contribution in [0.3, 0.4) is 0 Å². The Kier molecular flexibility index (Phi) is 7.15. The summed E-state index contributed by atoms with van der Waals surface area (Å²) in [4.78, 5) is 12.5. The molecule has 30 heavy (non-hydrogen) atoms. The predicted molar refractivity (Wildman–Crippen MR) is 114 cm³/mol. The lowest BCUT2D eigenvalue weighted by Gasteiger charge is -2.14. The highest BCUT2D eigenvalue weighted by Gasteiger charge is 2.20. The van der Waals surface area contributed by atoms with Crippen LogP contribution in [0.4, 0.5) is 0 Å². The average Bonchev–Trinajstić information content (AvgIpc) is 3.30. The smallest absolute Gasteiger partial charge is 0.273 e. The summed E-state index contributed by atoms with van der Waals surface area (Å²) < 4.78 is 18.3. The molecule has 1 unspecified atom stereocenters. The fourth-order valence-corrected chi connectivity index (χ4v) is 3.29. The van der Waals surface area contributed by atoms with Crippen molar-refractivity contribution < 1.29 is 19.0 Å². The van der Waals surface area contributed by atoms with Crippen LogP contribution >= 0.6 is 15.9 Å². The van der Waals surface area contributed by atoms with Crippen molar-refractivity contribution in [2.45, 2.75) is 6.10 Å². The molecule has 1 atom stereocenters. The van der Waals surface area contributed by atoms with E-state index in [1.54, 1.807) is 55.6 Å². The molecule has 0 bridgehead atoms. The third-order valence-corrected chi connectivity index (χ3v) is 4.99. The molecule has 10 heteroatoms. The molecule has 1 N–H and O–H groups in total. The van der Waals surface area contributed by atoms with Crippen LogP contribution in [0.2, 0.25) is 0 Å². The number of ether oxygens (including phenoxy) is 3. The number of aromatic nitrogens is 3. The van der Waals surface area contributed by atoms with E-state index in [2.05, 4.69) is 36.8 Å². The van der Waals surface area contributed by atoms with Crippen molar-refractivity contribution in [1.29, 1.82) is 0 Å². The molecule has 2 aromatic carbocycles. The number of hydrogen-bond acceptors (Lipinski definition) is 7. The normalized spacial score (nSPS) is 12.0. The number of benzene rings is 2. The van der Waals surface area contributed by atoms with Gasteiger partial charge in [0.2, 0.25) is 0 Å². The molecule has 0 fully saturated rings. The first-order valence-corrected chi connectivity index (χ1v) is 9.60. The van der Waals surface area contributed by atoms with Crippen molar-refractivity contribution in [2.24, 2.45) is 5.10 Å². The quantitative estimate of drug-likeness (QED) is 0.398. The fraction of sp³-hybridized carbons (Fsp3) is 0.200. The third-order valence-electron chi connectivity index (χ3n) is 4.21. The van der Waals surface area contributed by atoms with Gasteiger partial charge in [0.1, 0.15) is 16.0 Å². The zero-order chi connectivity index (χ0) is 21.5. The molecule has 0 spiro atoms. The molecule has 3 aromatic rings. The number of hydrogen-bond donors (Lipinski definition) is 1. The monoisotopic (exact) mass is 473 g/mol. The number of carbonyl (C=O) groups excluding carboxylic acids is 1. The van der Waals surface area contributed by atoms with E-state index in [0.717, 1.165) is 5.69 Å². The maximum Gasteiger partial charge on any atom is 0.273 e. The molecule has 156 valence electrons. The van der Waals surface area contributed by atoms with Gasteiger partial charge < -0.3 is 14.2 Å². The van der Waals surface area contributed by atoms with Gasteiger partial charge in [-0.1, -0.05) is 17.3 Å². The van der Waals surface area contributed by atoms with E-state index in [-0.39, 0.29) is 0 Å². The lowest BCUT2D eigenvalue weighted by molar-refractivity contribution is -0.131. The fourth-order valence-electron chi connectivity index (χ4n) is 2.74. The van der Waals surface area contributed by atoms with Crippen LogP contribution in [0, 0.1) is 0 Å². The first-order valence-electron chi connectivity index (χ1n) is 8.81. The molecule has 0 saturated carbocycles. The largest absolute Gasteiger partial charge is 0.495 e. The predicted octanol–water partition coefficient (Wildman–Crippen LogP) is 2.88. The molecule has 1 heterocycles. The van der Waals surface area contributed by atoms with Gasteiger partial charge in [-0.15, -0.1) is 5.10 Å². The van der Waals surface area contributed by atoms with Crippen molar-refractivity contribution in [2.75, 3.05) is 21.3 Å². The van der Waals surface area contributed by atoms with Crippen molar-refractivity contribution in [1.82, 2.24) is 20.4 Å². The van der Waals surface area contributed by atoms with Crippen LogP contribution in [-0.2, 0) is 9.53 Å². The maximum absolute atomic E-state index is 12.5. The molecule has 0 aliphatic carbocycles. The van der Waals surface area contributed by atoms with E-state index in [9.17, 15) is 4.79 Å². The SMILES string of the molecule is COc1cc(C=NNC(=O)C(OC)c2ccc(-n3ccnn3)cc2)cc(OC)c1Br. The number of carbonyl (C=O) groups is 1. The summed E-state index contributed by atoms with van der Waals surface area (Å²) in [6.07, 6.45) is 4.00. The molecule has 0 saturated heterocycles. The number of amides is 1. The van der Waals surface area contributed by atoms with Crippen molar-refractivity contribution in [3.63, 3.8) is 0 Å². The van der Waals surface area contributed by atoms with E-state index >= 15 is 0 Å². The molecule has 1 aromatic heterocycles. The van der Waals surface area contributed by atoms with Gasteiger partial charge >= 0.3 is 0 Å². The Morgan fingerprint density at radius 2 is 1.83 bits per heavy atom. The molecule has 1 amide bonds. The molecular weight excluding hydrogens is 454 g/mol. The molecular formula is C20H20BrN5O4. The van der Waals surface area contributed by atoms with E-state index in [4.69, 9.17) is 14.2 Å². The second-order valence-electron chi connectivity index (χ2n) is 6.03. The van der Waals surface area contributed by atoms with Crippen LogP contribution in [0.25, 0.3) is 5.69 Å². The van der Waals surface area contributed by atoms with E-state index in [1.807, 2.05) is 12.1 Å². The van der Waals surface area contributed by atoms with Gasteiger partial charge in [-0.05, 0) is 45.8 Å². The number of nitrogens with one attached hydrogen (secondary N) is 1. The molecule has 0 aliphatic rings. The maximum atomic E-state index is 12.5. The minimum atomic E-state index is -0.819. The van der Waals surface area contributed by atoms with E-state index in [1.165, 1.54) is 13.3 Å². The van der Waals surface area contributed by atoms with Gasteiger partial charge in [0.25, 0.3) is 5.91 Å².